The number of carbonyl (C=O) groups is 3. The van der Waals surface area contributed by atoms with Gasteiger partial charge in [-0.05, 0) is 38.4 Å². The zero-order valence-corrected chi connectivity index (χ0v) is 14.2. The Morgan fingerprint density at radius 1 is 1.38 bits per heavy atom. The molecule has 1 fully saturated rings. The molecule has 1 amide bonds. The highest BCUT2D eigenvalue weighted by atomic mass is 35.5. The van der Waals surface area contributed by atoms with Crippen molar-refractivity contribution in [1.29, 1.82) is 0 Å². The van der Waals surface area contributed by atoms with Crippen molar-refractivity contribution in [3.8, 4) is 0 Å². The van der Waals surface area contributed by atoms with Gasteiger partial charge in [-0.25, -0.2) is 0 Å². The van der Waals surface area contributed by atoms with Gasteiger partial charge in [0.05, 0.1) is 35.5 Å². The van der Waals surface area contributed by atoms with Crippen molar-refractivity contribution in [3.63, 3.8) is 0 Å². The molecule has 2 heterocycles. The van der Waals surface area contributed by atoms with E-state index in [4.69, 9.17) is 16.3 Å². The Hall–Kier alpha value is -1.92. The summed E-state index contributed by atoms with van der Waals surface area (Å²) >= 11 is 6.06. The number of benzene rings is 1. The molecule has 1 atom stereocenters. The van der Waals surface area contributed by atoms with E-state index in [-0.39, 0.29) is 29.1 Å². The van der Waals surface area contributed by atoms with E-state index < -0.39 is 11.7 Å². The number of amides is 1. The topological polar surface area (TPSA) is 66.9 Å². The second-order valence-electron chi connectivity index (χ2n) is 6.01. The Kier molecular flexibility index (Phi) is 4.87. The van der Waals surface area contributed by atoms with Gasteiger partial charge in [0.2, 0.25) is 0 Å². The fraction of sp³-hybridized carbons (Fsp3) is 0.471. The van der Waals surface area contributed by atoms with E-state index >= 15 is 0 Å². The number of likely N-dealkylation sites (tertiary alicyclic amines) is 1. The summed E-state index contributed by atoms with van der Waals surface area (Å²) < 4.78 is 5.09. The van der Waals surface area contributed by atoms with Gasteiger partial charge in [-0.15, -0.1) is 0 Å². The maximum absolute atomic E-state index is 12.3. The molecule has 0 spiro atoms. The van der Waals surface area contributed by atoms with Gasteiger partial charge in [-0.3, -0.25) is 24.2 Å². The van der Waals surface area contributed by atoms with E-state index in [1.165, 1.54) is 4.90 Å². The molecular weight excluding hydrogens is 332 g/mol. The number of halogens is 1. The van der Waals surface area contributed by atoms with Gasteiger partial charge < -0.3 is 4.74 Å². The summed E-state index contributed by atoms with van der Waals surface area (Å²) in [6.07, 6.45) is 1.63. The number of ether oxygens (including phenoxy) is 1. The number of fused-ring (bicyclic) bond motifs is 1. The molecular formula is C17H19ClN2O4. The minimum absolute atomic E-state index is 0.189. The van der Waals surface area contributed by atoms with E-state index in [1.807, 2.05) is 4.90 Å². The number of hydrogen-bond donors (Lipinski definition) is 0. The first-order valence-electron chi connectivity index (χ1n) is 8.06. The van der Waals surface area contributed by atoms with Crippen LogP contribution in [0.15, 0.2) is 18.2 Å². The average Bonchev–Trinajstić information content (AvgIpc) is 2.81. The third-order valence-electron chi connectivity index (χ3n) is 4.42. The van der Waals surface area contributed by atoms with Gasteiger partial charge >= 0.3 is 11.9 Å². The third kappa shape index (κ3) is 3.03. The van der Waals surface area contributed by atoms with Crippen LogP contribution in [0.3, 0.4) is 0 Å². The number of hydrogen-bond acceptors (Lipinski definition) is 5. The van der Waals surface area contributed by atoms with Gasteiger partial charge in [0, 0.05) is 6.54 Å². The lowest BCUT2D eigenvalue weighted by atomic mass is 9.98. The molecule has 128 valence electrons. The Morgan fingerprint density at radius 2 is 2.17 bits per heavy atom. The molecule has 1 aromatic rings. The maximum atomic E-state index is 12.3. The summed E-state index contributed by atoms with van der Waals surface area (Å²) in [6, 6.07) is 5.04. The fourth-order valence-corrected chi connectivity index (χ4v) is 3.53. The van der Waals surface area contributed by atoms with E-state index in [2.05, 4.69) is 0 Å². The molecule has 0 aromatic heterocycles. The number of nitrogens with zero attached hydrogens (tertiary/aromatic N) is 2. The van der Waals surface area contributed by atoms with Gasteiger partial charge in [0.15, 0.2) is 0 Å². The second-order valence-corrected chi connectivity index (χ2v) is 6.41. The lowest BCUT2D eigenvalue weighted by Crippen LogP contribution is -2.46. The molecule has 1 saturated heterocycles. The number of Topliss-reactive ketones (excluding diaryl/α,β-unsaturated/α-hetero) is 1. The Labute approximate surface area is 145 Å². The molecule has 6 nitrogen and oxygen atoms in total. The second kappa shape index (κ2) is 6.91. The van der Waals surface area contributed by atoms with Gasteiger partial charge in [0.25, 0.3) is 5.78 Å². The Morgan fingerprint density at radius 3 is 2.92 bits per heavy atom. The zero-order chi connectivity index (χ0) is 17.3. The monoisotopic (exact) mass is 350 g/mol. The SMILES string of the molecule is CCOC(=O)C1CCCN(CN2C(=O)C(=O)c3c(Cl)cccc32)C1. The van der Waals surface area contributed by atoms with Crippen LogP contribution in [0.5, 0.6) is 0 Å². The van der Waals surface area contributed by atoms with Crippen molar-refractivity contribution >= 4 is 34.9 Å². The quantitative estimate of drug-likeness (QED) is 0.614. The molecule has 7 heteroatoms. The molecule has 2 aliphatic rings. The highest BCUT2D eigenvalue weighted by Crippen LogP contribution is 2.34. The highest BCUT2D eigenvalue weighted by Gasteiger charge is 2.39. The Balaban J connectivity index is 1.75. The molecule has 1 aromatic carbocycles. The normalized spacial score (nSPS) is 21.1. The molecule has 0 saturated carbocycles. The first-order chi connectivity index (χ1) is 11.5. The third-order valence-corrected chi connectivity index (χ3v) is 4.73. The van der Waals surface area contributed by atoms with Crippen LogP contribution < -0.4 is 4.90 Å². The van der Waals surface area contributed by atoms with Crippen LogP contribution in [0.1, 0.15) is 30.1 Å². The van der Waals surface area contributed by atoms with Crippen LogP contribution in [0.4, 0.5) is 5.69 Å². The first kappa shape index (κ1) is 16.9. The predicted octanol–water partition coefficient (Wildman–Crippen LogP) is 2.10. The molecule has 24 heavy (non-hydrogen) atoms. The number of esters is 1. The molecule has 1 unspecified atom stereocenters. The van der Waals surface area contributed by atoms with E-state index in [9.17, 15) is 14.4 Å². The summed E-state index contributed by atoms with van der Waals surface area (Å²) in [4.78, 5) is 39.9. The number of carbonyl (C=O) groups excluding carboxylic acids is 3. The summed E-state index contributed by atoms with van der Waals surface area (Å²) in [6.45, 7) is 3.71. The number of piperidine rings is 1. The summed E-state index contributed by atoms with van der Waals surface area (Å²) in [5, 5.41) is 0.288. The minimum Gasteiger partial charge on any atom is -0.466 e. The minimum atomic E-state index is -0.574. The highest BCUT2D eigenvalue weighted by molar-refractivity contribution is 6.55. The van der Waals surface area contributed by atoms with Crippen molar-refractivity contribution in [1.82, 2.24) is 4.90 Å². The largest absolute Gasteiger partial charge is 0.466 e. The van der Waals surface area contributed by atoms with Crippen molar-refractivity contribution < 1.29 is 19.1 Å². The van der Waals surface area contributed by atoms with Crippen LogP contribution in [-0.4, -0.2) is 48.9 Å². The van der Waals surface area contributed by atoms with E-state index in [0.29, 0.717) is 18.8 Å². The Bertz CT molecular complexity index is 691. The van der Waals surface area contributed by atoms with E-state index in [1.54, 1.807) is 25.1 Å². The number of anilines is 1. The lowest BCUT2D eigenvalue weighted by molar-refractivity contribution is -0.149. The van der Waals surface area contributed by atoms with Crippen molar-refractivity contribution in [2.45, 2.75) is 19.8 Å². The van der Waals surface area contributed by atoms with Crippen LogP contribution in [0, 0.1) is 5.92 Å². The number of ketones is 1. The standard InChI is InChI=1S/C17H19ClN2O4/c1-2-24-17(23)11-5-4-8-19(9-11)10-20-13-7-3-6-12(18)14(13)15(21)16(20)22/h3,6-7,11H,2,4-5,8-10H2,1H3. The predicted molar refractivity (Wildman–Crippen MR) is 89.1 cm³/mol. The van der Waals surface area contributed by atoms with Crippen LogP contribution in [0.25, 0.3) is 0 Å². The molecule has 2 aliphatic heterocycles. The van der Waals surface area contributed by atoms with Gasteiger partial charge in [0.1, 0.15) is 0 Å². The molecule has 0 N–H and O–H groups in total. The van der Waals surface area contributed by atoms with Crippen molar-refractivity contribution in [3.05, 3.63) is 28.8 Å². The van der Waals surface area contributed by atoms with Gasteiger partial charge in [-0.1, -0.05) is 17.7 Å². The van der Waals surface area contributed by atoms with Crippen LogP contribution >= 0.6 is 11.6 Å². The number of rotatable bonds is 4. The van der Waals surface area contributed by atoms with E-state index in [0.717, 1.165) is 19.4 Å². The van der Waals surface area contributed by atoms with Gasteiger partial charge in [-0.2, -0.15) is 0 Å². The summed E-state index contributed by atoms with van der Waals surface area (Å²) in [7, 11) is 0. The average molecular weight is 351 g/mol. The molecule has 0 bridgehead atoms. The van der Waals surface area contributed by atoms with Crippen molar-refractivity contribution in [2.24, 2.45) is 5.92 Å². The smallest absolute Gasteiger partial charge is 0.310 e. The van der Waals surface area contributed by atoms with Crippen molar-refractivity contribution in [2.75, 3.05) is 31.3 Å². The molecule has 0 radical (unpaired) electrons. The summed E-state index contributed by atoms with van der Waals surface area (Å²) in [5.74, 6) is -1.54. The maximum Gasteiger partial charge on any atom is 0.310 e. The molecule has 3 rings (SSSR count). The lowest BCUT2D eigenvalue weighted by Gasteiger charge is -2.34. The first-order valence-corrected chi connectivity index (χ1v) is 8.44. The summed E-state index contributed by atoms with van der Waals surface area (Å²) in [5.41, 5.74) is 0.805. The van der Waals surface area contributed by atoms with Crippen LogP contribution in [0.2, 0.25) is 5.02 Å². The van der Waals surface area contributed by atoms with Crippen LogP contribution in [-0.2, 0) is 14.3 Å². The molecule has 0 aliphatic carbocycles. The fourth-order valence-electron chi connectivity index (χ4n) is 3.28. The zero-order valence-electron chi connectivity index (χ0n) is 13.5.